The Bertz CT molecular complexity index is 435. The minimum absolute atomic E-state index is 0.459. The fourth-order valence-corrected chi connectivity index (χ4v) is 2.77. The van der Waals surface area contributed by atoms with Crippen molar-refractivity contribution >= 4 is 33.4 Å². The van der Waals surface area contributed by atoms with E-state index in [-0.39, 0.29) is 0 Å². The van der Waals surface area contributed by atoms with Crippen molar-refractivity contribution in [2.24, 2.45) is 0 Å². The Hall–Kier alpha value is -0.660. The summed E-state index contributed by atoms with van der Waals surface area (Å²) < 4.78 is 1.31. The standard InChI is InChI=1S/C12H13BrN2S/c1-16-12(4-5-12)8-15-10-3-2-9(7-14)11(13)6-10/h2-3,6,15H,4-5,8H2,1H3. The molecule has 2 rings (SSSR count). The van der Waals surface area contributed by atoms with E-state index in [2.05, 4.69) is 33.6 Å². The van der Waals surface area contributed by atoms with E-state index in [4.69, 9.17) is 5.26 Å². The minimum Gasteiger partial charge on any atom is -0.384 e. The fraction of sp³-hybridized carbons (Fsp3) is 0.417. The van der Waals surface area contributed by atoms with Crippen LogP contribution in [0.1, 0.15) is 18.4 Å². The molecule has 0 bridgehead atoms. The van der Waals surface area contributed by atoms with Crippen LogP contribution in [0.4, 0.5) is 5.69 Å². The maximum Gasteiger partial charge on any atom is 0.100 e. The largest absolute Gasteiger partial charge is 0.384 e. The molecule has 4 heteroatoms. The van der Waals surface area contributed by atoms with Gasteiger partial charge in [-0.3, -0.25) is 0 Å². The van der Waals surface area contributed by atoms with E-state index in [0.717, 1.165) is 16.7 Å². The molecule has 1 N–H and O–H groups in total. The van der Waals surface area contributed by atoms with Crippen molar-refractivity contribution < 1.29 is 0 Å². The molecule has 0 radical (unpaired) electrons. The van der Waals surface area contributed by atoms with Crippen molar-refractivity contribution in [3.8, 4) is 6.07 Å². The molecule has 0 saturated heterocycles. The first-order chi connectivity index (χ1) is 7.69. The molecule has 1 saturated carbocycles. The minimum atomic E-state index is 0.459. The molecule has 0 aromatic heterocycles. The third-order valence-electron chi connectivity index (χ3n) is 2.94. The van der Waals surface area contributed by atoms with Crippen molar-refractivity contribution in [1.29, 1.82) is 5.26 Å². The lowest BCUT2D eigenvalue weighted by Crippen LogP contribution is -2.17. The zero-order valence-electron chi connectivity index (χ0n) is 9.09. The normalized spacial score (nSPS) is 16.6. The molecule has 1 fully saturated rings. The van der Waals surface area contributed by atoms with Crippen LogP contribution in [0.15, 0.2) is 22.7 Å². The zero-order chi connectivity index (χ0) is 11.6. The molecule has 1 aromatic rings. The van der Waals surface area contributed by atoms with Gasteiger partial charge in [0.2, 0.25) is 0 Å². The van der Waals surface area contributed by atoms with Crippen molar-refractivity contribution in [3.63, 3.8) is 0 Å². The number of nitrogens with zero attached hydrogens (tertiary/aromatic N) is 1. The Kier molecular flexibility index (Phi) is 3.46. The van der Waals surface area contributed by atoms with Gasteiger partial charge in [0.25, 0.3) is 0 Å². The van der Waals surface area contributed by atoms with Crippen LogP contribution in [0.2, 0.25) is 0 Å². The quantitative estimate of drug-likeness (QED) is 0.922. The summed E-state index contributed by atoms with van der Waals surface area (Å²) in [5.41, 5.74) is 1.75. The number of nitriles is 1. The molecule has 0 spiro atoms. The number of hydrogen-bond acceptors (Lipinski definition) is 3. The zero-order valence-corrected chi connectivity index (χ0v) is 11.5. The summed E-state index contributed by atoms with van der Waals surface area (Å²) in [7, 11) is 0. The maximum absolute atomic E-state index is 8.81. The molecule has 0 aliphatic heterocycles. The van der Waals surface area contributed by atoms with Gasteiger partial charge in [0, 0.05) is 21.5 Å². The number of nitrogens with one attached hydrogen (secondary N) is 1. The summed E-state index contributed by atoms with van der Waals surface area (Å²) in [5.74, 6) is 0. The summed E-state index contributed by atoms with van der Waals surface area (Å²) in [6.07, 6.45) is 4.78. The van der Waals surface area contributed by atoms with E-state index in [0.29, 0.717) is 10.3 Å². The number of halogens is 1. The van der Waals surface area contributed by atoms with Crippen LogP contribution in [-0.2, 0) is 0 Å². The van der Waals surface area contributed by atoms with Gasteiger partial charge in [-0.25, -0.2) is 0 Å². The van der Waals surface area contributed by atoms with E-state index in [1.807, 2.05) is 30.0 Å². The second kappa shape index (κ2) is 4.68. The van der Waals surface area contributed by atoms with E-state index < -0.39 is 0 Å². The molecule has 1 aromatic carbocycles. The molecule has 0 atom stereocenters. The van der Waals surface area contributed by atoms with Gasteiger partial charge in [-0.2, -0.15) is 17.0 Å². The van der Waals surface area contributed by atoms with Gasteiger partial charge in [-0.1, -0.05) is 0 Å². The van der Waals surface area contributed by atoms with E-state index >= 15 is 0 Å². The molecule has 0 amide bonds. The Labute approximate surface area is 109 Å². The van der Waals surface area contributed by atoms with E-state index in [1.165, 1.54) is 12.8 Å². The predicted octanol–water partition coefficient (Wildman–Crippen LogP) is 3.63. The third kappa shape index (κ3) is 2.53. The molecule has 84 valence electrons. The highest BCUT2D eigenvalue weighted by atomic mass is 79.9. The number of anilines is 1. The summed E-state index contributed by atoms with van der Waals surface area (Å²) in [5, 5.41) is 12.2. The van der Waals surface area contributed by atoms with Gasteiger partial charge in [-0.15, -0.1) is 0 Å². The SMILES string of the molecule is CSC1(CNc2ccc(C#N)c(Br)c2)CC1. The Morgan fingerprint density at radius 2 is 2.31 bits per heavy atom. The maximum atomic E-state index is 8.81. The van der Waals surface area contributed by atoms with E-state index in [9.17, 15) is 0 Å². The molecule has 0 unspecified atom stereocenters. The molecule has 0 heterocycles. The van der Waals surface area contributed by atoms with Crippen LogP contribution in [0.25, 0.3) is 0 Å². The summed E-state index contributed by atoms with van der Waals surface area (Å²) in [4.78, 5) is 0. The van der Waals surface area contributed by atoms with Gasteiger partial charge in [0.15, 0.2) is 0 Å². The first-order valence-electron chi connectivity index (χ1n) is 5.18. The number of benzene rings is 1. The topological polar surface area (TPSA) is 35.8 Å². The summed E-state index contributed by atoms with van der Waals surface area (Å²) in [6, 6.07) is 7.90. The molecular formula is C12H13BrN2S. The second-order valence-corrected chi connectivity index (χ2v) is 6.18. The average molecular weight is 297 g/mol. The highest BCUT2D eigenvalue weighted by Gasteiger charge is 2.41. The molecule has 2 nitrogen and oxygen atoms in total. The van der Waals surface area contributed by atoms with Gasteiger partial charge in [0.05, 0.1) is 5.56 Å². The van der Waals surface area contributed by atoms with Crippen LogP contribution in [0.5, 0.6) is 0 Å². The number of hydrogen-bond donors (Lipinski definition) is 1. The predicted molar refractivity (Wildman–Crippen MR) is 72.8 cm³/mol. The Morgan fingerprint density at radius 3 is 2.81 bits per heavy atom. The summed E-state index contributed by atoms with van der Waals surface area (Å²) >= 11 is 5.34. The molecule has 1 aliphatic rings. The first-order valence-corrected chi connectivity index (χ1v) is 7.19. The van der Waals surface area contributed by atoms with Crippen LogP contribution < -0.4 is 5.32 Å². The van der Waals surface area contributed by atoms with Gasteiger partial charge >= 0.3 is 0 Å². The third-order valence-corrected chi connectivity index (χ3v) is 5.02. The lowest BCUT2D eigenvalue weighted by Gasteiger charge is -2.14. The van der Waals surface area contributed by atoms with Gasteiger partial charge in [0.1, 0.15) is 6.07 Å². The van der Waals surface area contributed by atoms with Crippen molar-refractivity contribution in [3.05, 3.63) is 28.2 Å². The second-order valence-electron chi connectivity index (χ2n) is 4.05. The molecule has 1 aliphatic carbocycles. The van der Waals surface area contributed by atoms with Crippen LogP contribution in [-0.4, -0.2) is 17.5 Å². The highest BCUT2D eigenvalue weighted by Crippen LogP contribution is 2.47. The van der Waals surface area contributed by atoms with Crippen molar-refractivity contribution in [2.75, 3.05) is 18.1 Å². The highest BCUT2D eigenvalue weighted by molar-refractivity contribution is 9.10. The van der Waals surface area contributed by atoms with Crippen molar-refractivity contribution in [1.82, 2.24) is 0 Å². The lowest BCUT2D eigenvalue weighted by atomic mass is 10.2. The van der Waals surface area contributed by atoms with Crippen LogP contribution >= 0.6 is 27.7 Å². The number of rotatable bonds is 4. The van der Waals surface area contributed by atoms with Crippen molar-refractivity contribution in [2.45, 2.75) is 17.6 Å². The smallest absolute Gasteiger partial charge is 0.100 e. The van der Waals surface area contributed by atoms with Crippen LogP contribution in [0, 0.1) is 11.3 Å². The van der Waals surface area contributed by atoms with Gasteiger partial charge < -0.3 is 5.32 Å². The van der Waals surface area contributed by atoms with Crippen LogP contribution in [0.3, 0.4) is 0 Å². The monoisotopic (exact) mass is 296 g/mol. The molecular weight excluding hydrogens is 284 g/mol. The Balaban J connectivity index is 2.00. The fourth-order valence-electron chi connectivity index (χ4n) is 1.57. The molecule has 16 heavy (non-hydrogen) atoms. The summed E-state index contributed by atoms with van der Waals surface area (Å²) in [6.45, 7) is 1.01. The number of thioether (sulfide) groups is 1. The Morgan fingerprint density at radius 1 is 1.56 bits per heavy atom. The lowest BCUT2D eigenvalue weighted by molar-refractivity contribution is 0.949. The first kappa shape index (κ1) is 11.8. The average Bonchev–Trinajstić information content (AvgIpc) is 3.07. The van der Waals surface area contributed by atoms with Gasteiger partial charge in [-0.05, 0) is 53.2 Å². The van der Waals surface area contributed by atoms with E-state index in [1.54, 1.807) is 0 Å².